The van der Waals surface area contributed by atoms with Gasteiger partial charge in [-0.25, -0.2) is 9.97 Å². The number of benzene rings is 1. The molecule has 92 valence electrons. The summed E-state index contributed by atoms with van der Waals surface area (Å²) in [6, 6.07) is 12.1. The van der Waals surface area contributed by atoms with Crippen molar-refractivity contribution in [1.82, 2.24) is 9.97 Å². The SMILES string of the molecule is CN(C)c1ncc2cc3ccccc3nc2c1C#N. The summed E-state index contributed by atoms with van der Waals surface area (Å²) in [5.41, 5.74) is 2.12. The molecule has 0 saturated heterocycles. The number of nitrogens with zero attached hydrogens (tertiary/aromatic N) is 4. The van der Waals surface area contributed by atoms with Crippen LogP contribution in [0, 0.1) is 11.3 Å². The molecule has 0 amide bonds. The van der Waals surface area contributed by atoms with Crippen molar-refractivity contribution >= 4 is 27.6 Å². The second kappa shape index (κ2) is 4.21. The molecular weight excluding hydrogens is 236 g/mol. The van der Waals surface area contributed by atoms with Crippen LogP contribution in [0.3, 0.4) is 0 Å². The van der Waals surface area contributed by atoms with Crippen LogP contribution in [0.4, 0.5) is 5.82 Å². The number of anilines is 1. The van der Waals surface area contributed by atoms with E-state index in [1.54, 1.807) is 6.20 Å². The highest BCUT2D eigenvalue weighted by Gasteiger charge is 2.12. The number of nitriles is 1. The van der Waals surface area contributed by atoms with Crippen LogP contribution in [-0.2, 0) is 0 Å². The molecule has 0 saturated carbocycles. The van der Waals surface area contributed by atoms with Crippen LogP contribution >= 0.6 is 0 Å². The highest BCUT2D eigenvalue weighted by molar-refractivity contribution is 5.96. The summed E-state index contributed by atoms with van der Waals surface area (Å²) >= 11 is 0. The Morgan fingerprint density at radius 1 is 1.16 bits per heavy atom. The van der Waals surface area contributed by atoms with Gasteiger partial charge in [0, 0.05) is 31.1 Å². The number of hydrogen-bond donors (Lipinski definition) is 0. The zero-order chi connectivity index (χ0) is 13.4. The van der Waals surface area contributed by atoms with Crippen LogP contribution in [0.5, 0.6) is 0 Å². The van der Waals surface area contributed by atoms with Gasteiger partial charge in [-0.3, -0.25) is 0 Å². The van der Waals surface area contributed by atoms with Gasteiger partial charge >= 0.3 is 0 Å². The fraction of sp³-hybridized carbons (Fsp3) is 0.133. The van der Waals surface area contributed by atoms with E-state index in [9.17, 15) is 5.26 Å². The first kappa shape index (κ1) is 11.4. The van der Waals surface area contributed by atoms with Crippen molar-refractivity contribution in [3.8, 4) is 6.07 Å². The summed E-state index contributed by atoms with van der Waals surface area (Å²) in [6.07, 6.45) is 1.77. The molecular formula is C15H12N4. The lowest BCUT2D eigenvalue weighted by Crippen LogP contribution is -2.12. The van der Waals surface area contributed by atoms with Crippen molar-refractivity contribution in [2.24, 2.45) is 0 Å². The van der Waals surface area contributed by atoms with Crippen LogP contribution in [0.25, 0.3) is 21.8 Å². The van der Waals surface area contributed by atoms with E-state index >= 15 is 0 Å². The van der Waals surface area contributed by atoms with E-state index in [1.807, 2.05) is 49.3 Å². The highest BCUT2D eigenvalue weighted by Crippen LogP contribution is 2.26. The maximum Gasteiger partial charge on any atom is 0.148 e. The van der Waals surface area contributed by atoms with E-state index in [2.05, 4.69) is 16.0 Å². The zero-order valence-electron chi connectivity index (χ0n) is 10.8. The maximum atomic E-state index is 9.38. The number of aromatic nitrogens is 2. The van der Waals surface area contributed by atoms with Gasteiger partial charge in [0.2, 0.25) is 0 Å². The lowest BCUT2D eigenvalue weighted by Gasteiger charge is -2.14. The van der Waals surface area contributed by atoms with Crippen LogP contribution < -0.4 is 4.90 Å². The standard InChI is InChI=1S/C15H12N4/c1-19(2)15-12(8-16)14-11(9-17-15)7-10-5-3-4-6-13(10)18-14/h3-7,9H,1-2H3. The van der Waals surface area contributed by atoms with E-state index < -0.39 is 0 Å². The molecule has 4 nitrogen and oxygen atoms in total. The molecule has 0 bridgehead atoms. The van der Waals surface area contributed by atoms with Gasteiger partial charge in [0.05, 0.1) is 11.0 Å². The molecule has 0 radical (unpaired) electrons. The van der Waals surface area contributed by atoms with Gasteiger partial charge in [-0.15, -0.1) is 0 Å². The quantitative estimate of drug-likeness (QED) is 0.621. The molecule has 2 heterocycles. The van der Waals surface area contributed by atoms with Gasteiger partial charge in [-0.2, -0.15) is 5.26 Å². The summed E-state index contributed by atoms with van der Waals surface area (Å²) < 4.78 is 0. The van der Waals surface area contributed by atoms with Crippen molar-refractivity contribution in [2.45, 2.75) is 0 Å². The molecule has 0 aliphatic heterocycles. The lowest BCUT2D eigenvalue weighted by atomic mass is 10.1. The van der Waals surface area contributed by atoms with E-state index in [0.29, 0.717) is 16.9 Å². The Morgan fingerprint density at radius 3 is 2.68 bits per heavy atom. The molecule has 0 fully saturated rings. The van der Waals surface area contributed by atoms with Crippen LogP contribution in [0.2, 0.25) is 0 Å². The first-order valence-corrected chi connectivity index (χ1v) is 5.96. The van der Waals surface area contributed by atoms with E-state index in [0.717, 1.165) is 16.3 Å². The Kier molecular flexibility index (Phi) is 2.53. The molecule has 0 aliphatic carbocycles. The molecule has 0 aliphatic rings. The van der Waals surface area contributed by atoms with Crippen LogP contribution in [0.1, 0.15) is 5.56 Å². The summed E-state index contributed by atoms with van der Waals surface area (Å²) in [7, 11) is 3.74. The van der Waals surface area contributed by atoms with Gasteiger partial charge in [0.1, 0.15) is 17.5 Å². The Balaban J connectivity index is 2.45. The van der Waals surface area contributed by atoms with Crippen molar-refractivity contribution in [3.05, 3.63) is 42.1 Å². The average molecular weight is 248 g/mol. The van der Waals surface area contributed by atoms with Gasteiger partial charge in [-0.1, -0.05) is 18.2 Å². The fourth-order valence-corrected chi connectivity index (χ4v) is 2.17. The molecule has 4 heteroatoms. The Bertz CT molecular complexity index is 815. The third-order valence-electron chi connectivity index (χ3n) is 3.08. The zero-order valence-corrected chi connectivity index (χ0v) is 10.8. The van der Waals surface area contributed by atoms with Gasteiger partial charge < -0.3 is 4.90 Å². The van der Waals surface area contributed by atoms with Gasteiger partial charge in [0.15, 0.2) is 0 Å². The minimum atomic E-state index is 0.522. The summed E-state index contributed by atoms with van der Waals surface area (Å²) in [6.45, 7) is 0. The average Bonchev–Trinajstić information content (AvgIpc) is 2.43. The summed E-state index contributed by atoms with van der Waals surface area (Å²) in [4.78, 5) is 10.8. The molecule has 0 spiro atoms. The molecule has 19 heavy (non-hydrogen) atoms. The molecule has 1 aromatic carbocycles. The minimum Gasteiger partial charge on any atom is -0.362 e. The largest absolute Gasteiger partial charge is 0.362 e. The van der Waals surface area contributed by atoms with Crippen LogP contribution in [-0.4, -0.2) is 24.1 Å². The molecule has 3 rings (SSSR count). The van der Waals surface area contributed by atoms with Gasteiger partial charge in [-0.05, 0) is 12.1 Å². The molecule has 0 unspecified atom stereocenters. The molecule has 0 atom stereocenters. The smallest absolute Gasteiger partial charge is 0.148 e. The predicted molar refractivity (Wildman–Crippen MR) is 76.1 cm³/mol. The molecule has 0 N–H and O–H groups in total. The third kappa shape index (κ3) is 1.76. The van der Waals surface area contributed by atoms with Crippen molar-refractivity contribution in [2.75, 3.05) is 19.0 Å². The normalized spacial score (nSPS) is 10.6. The van der Waals surface area contributed by atoms with Gasteiger partial charge in [0.25, 0.3) is 0 Å². The first-order valence-electron chi connectivity index (χ1n) is 5.96. The van der Waals surface area contributed by atoms with Crippen molar-refractivity contribution in [3.63, 3.8) is 0 Å². The minimum absolute atomic E-state index is 0.522. The van der Waals surface area contributed by atoms with E-state index in [1.165, 1.54) is 0 Å². The van der Waals surface area contributed by atoms with Crippen LogP contribution in [0.15, 0.2) is 36.5 Å². The first-order chi connectivity index (χ1) is 9.20. The predicted octanol–water partition coefficient (Wildman–Crippen LogP) is 2.72. The molecule has 2 aromatic heterocycles. The number of para-hydroxylation sites is 1. The summed E-state index contributed by atoms with van der Waals surface area (Å²) in [5.74, 6) is 0.651. The topological polar surface area (TPSA) is 52.8 Å². The Morgan fingerprint density at radius 2 is 1.95 bits per heavy atom. The summed E-state index contributed by atoms with van der Waals surface area (Å²) in [5, 5.41) is 11.3. The van der Waals surface area contributed by atoms with E-state index in [4.69, 9.17) is 0 Å². The molecule has 3 aromatic rings. The highest BCUT2D eigenvalue weighted by atomic mass is 15.1. The Hall–Kier alpha value is -2.67. The monoisotopic (exact) mass is 248 g/mol. The number of pyridine rings is 2. The second-order valence-corrected chi connectivity index (χ2v) is 4.58. The maximum absolute atomic E-state index is 9.38. The number of fused-ring (bicyclic) bond motifs is 2. The fourth-order valence-electron chi connectivity index (χ4n) is 2.17. The van der Waals surface area contributed by atoms with Crippen molar-refractivity contribution < 1.29 is 0 Å². The third-order valence-corrected chi connectivity index (χ3v) is 3.08. The number of rotatable bonds is 1. The lowest BCUT2D eigenvalue weighted by molar-refractivity contribution is 1.07. The second-order valence-electron chi connectivity index (χ2n) is 4.58. The number of hydrogen-bond acceptors (Lipinski definition) is 4. The van der Waals surface area contributed by atoms with Crippen molar-refractivity contribution in [1.29, 1.82) is 5.26 Å². The Labute approximate surface area is 110 Å². The van der Waals surface area contributed by atoms with E-state index in [-0.39, 0.29) is 0 Å².